The molecule has 0 spiro atoms. The van der Waals surface area contributed by atoms with Gasteiger partial charge in [0.05, 0.1) is 11.4 Å². The van der Waals surface area contributed by atoms with Crippen molar-refractivity contribution in [2.45, 2.75) is 18.9 Å². The first-order valence-corrected chi connectivity index (χ1v) is 6.58. The molecule has 1 fully saturated rings. The van der Waals surface area contributed by atoms with Crippen molar-refractivity contribution in [3.63, 3.8) is 0 Å². The van der Waals surface area contributed by atoms with Gasteiger partial charge in [-0.05, 0) is 18.6 Å². The molecule has 1 N–H and O–H groups in total. The first-order valence-electron chi connectivity index (χ1n) is 6.58. The Morgan fingerprint density at radius 3 is 2.68 bits per heavy atom. The van der Waals surface area contributed by atoms with E-state index in [1.807, 2.05) is 31.3 Å². The van der Waals surface area contributed by atoms with Crippen molar-refractivity contribution in [3.8, 4) is 0 Å². The zero-order valence-corrected chi connectivity index (χ0v) is 10.9. The number of carbonyl (C=O) groups excluding carboxylic acids is 2. The largest absolute Gasteiger partial charge is 0.371 e. The summed E-state index contributed by atoms with van der Waals surface area (Å²) in [6, 6.07) is 7.53. The molecule has 1 aromatic rings. The molecule has 2 aliphatic heterocycles. The third-order valence-corrected chi connectivity index (χ3v) is 3.80. The normalized spacial score (nSPS) is 22.2. The van der Waals surface area contributed by atoms with Crippen LogP contribution in [0.15, 0.2) is 24.3 Å². The van der Waals surface area contributed by atoms with Crippen LogP contribution in [-0.4, -0.2) is 38.0 Å². The molecular formula is C14H17N3O2. The van der Waals surface area contributed by atoms with E-state index in [0.717, 1.165) is 17.9 Å². The van der Waals surface area contributed by atoms with Crippen LogP contribution < -0.4 is 15.1 Å². The fourth-order valence-corrected chi connectivity index (χ4v) is 2.72. The van der Waals surface area contributed by atoms with Crippen molar-refractivity contribution >= 4 is 23.2 Å². The Bertz CT molecular complexity index is 529. The molecule has 0 saturated carbocycles. The summed E-state index contributed by atoms with van der Waals surface area (Å²) >= 11 is 0. The maximum atomic E-state index is 12.5. The fourth-order valence-electron chi connectivity index (χ4n) is 2.72. The number of hydrogen-bond donors (Lipinski definition) is 1. The first-order chi connectivity index (χ1) is 9.16. The number of amides is 2. The van der Waals surface area contributed by atoms with Gasteiger partial charge in [-0.2, -0.15) is 0 Å². The van der Waals surface area contributed by atoms with E-state index in [-0.39, 0.29) is 17.9 Å². The minimum atomic E-state index is -0.357. The Morgan fingerprint density at radius 2 is 2.00 bits per heavy atom. The molecule has 2 heterocycles. The Morgan fingerprint density at radius 1 is 1.26 bits per heavy atom. The number of anilines is 2. The Labute approximate surface area is 112 Å². The van der Waals surface area contributed by atoms with Crippen molar-refractivity contribution < 1.29 is 9.59 Å². The van der Waals surface area contributed by atoms with Gasteiger partial charge >= 0.3 is 0 Å². The predicted octanol–water partition coefficient (Wildman–Crippen LogP) is 0.748. The average molecular weight is 259 g/mol. The van der Waals surface area contributed by atoms with Gasteiger partial charge in [-0.15, -0.1) is 0 Å². The molecule has 100 valence electrons. The molecule has 2 aliphatic rings. The van der Waals surface area contributed by atoms with Gasteiger partial charge in [-0.1, -0.05) is 12.1 Å². The van der Waals surface area contributed by atoms with Gasteiger partial charge in [0.2, 0.25) is 11.8 Å². The molecule has 1 aromatic carbocycles. The number of benzene rings is 1. The van der Waals surface area contributed by atoms with Crippen LogP contribution in [0.1, 0.15) is 12.8 Å². The summed E-state index contributed by atoms with van der Waals surface area (Å²) in [5, 5.41) is 2.75. The lowest BCUT2D eigenvalue weighted by Gasteiger charge is -2.36. The highest BCUT2D eigenvalue weighted by Gasteiger charge is 2.33. The second-order valence-corrected chi connectivity index (χ2v) is 5.06. The van der Waals surface area contributed by atoms with Crippen LogP contribution in [-0.2, 0) is 9.59 Å². The SMILES string of the molecule is CN1CCN(C(=O)C2CCC(=O)N2)c2ccccc21. The van der Waals surface area contributed by atoms with Crippen molar-refractivity contribution in [3.05, 3.63) is 24.3 Å². The molecular weight excluding hydrogens is 242 g/mol. The Balaban J connectivity index is 1.88. The third kappa shape index (κ3) is 2.05. The smallest absolute Gasteiger partial charge is 0.249 e. The van der Waals surface area contributed by atoms with E-state index in [9.17, 15) is 9.59 Å². The predicted molar refractivity (Wildman–Crippen MR) is 73.2 cm³/mol. The molecule has 1 atom stereocenters. The summed E-state index contributed by atoms with van der Waals surface area (Å²) in [6.07, 6.45) is 1.05. The number of likely N-dealkylation sites (N-methyl/N-ethyl adjacent to an activating group) is 1. The van der Waals surface area contributed by atoms with E-state index >= 15 is 0 Å². The summed E-state index contributed by atoms with van der Waals surface area (Å²) in [5.74, 6) is -0.0211. The van der Waals surface area contributed by atoms with Gasteiger partial charge in [0, 0.05) is 26.6 Å². The van der Waals surface area contributed by atoms with E-state index in [4.69, 9.17) is 0 Å². The number of rotatable bonds is 1. The number of carbonyl (C=O) groups is 2. The van der Waals surface area contributed by atoms with Crippen LogP contribution in [0, 0.1) is 0 Å². The summed E-state index contributed by atoms with van der Waals surface area (Å²) in [6.45, 7) is 1.47. The fraction of sp³-hybridized carbons (Fsp3) is 0.429. The maximum Gasteiger partial charge on any atom is 0.249 e. The number of fused-ring (bicyclic) bond motifs is 1. The second kappa shape index (κ2) is 4.57. The lowest BCUT2D eigenvalue weighted by molar-refractivity contribution is -0.124. The zero-order valence-electron chi connectivity index (χ0n) is 10.9. The molecule has 3 rings (SSSR count). The van der Waals surface area contributed by atoms with E-state index in [1.165, 1.54) is 0 Å². The minimum Gasteiger partial charge on any atom is -0.371 e. The Hall–Kier alpha value is -2.04. The zero-order chi connectivity index (χ0) is 13.4. The lowest BCUT2D eigenvalue weighted by Crippen LogP contribution is -2.49. The van der Waals surface area contributed by atoms with E-state index < -0.39 is 0 Å². The lowest BCUT2D eigenvalue weighted by atomic mass is 10.1. The quantitative estimate of drug-likeness (QED) is 0.809. The molecule has 1 unspecified atom stereocenters. The van der Waals surface area contributed by atoms with Crippen LogP contribution in [0.2, 0.25) is 0 Å². The topological polar surface area (TPSA) is 52.7 Å². The molecule has 5 heteroatoms. The molecule has 0 aromatic heterocycles. The van der Waals surface area contributed by atoms with E-state index in [2.05, 4.69) is 10.2 Å². The Kier molecular flexibility index (Phi) is 2.89. The molecule has 1 saturated heterocycles. The van der Waals surface area contributed by atoms with Crippen LogP contribution >= 0.6 is 0 Å². The van der Waals surface area contributed by atoms with Crippen molar-refractivity contribution in [2.24, 2.45) is 0 Å². The molecule has 2 amide bonds. The summed E-state index contributed by atoms with van der Waals surface area (Å²) in [4.78, 5) is 27.7. The molecule has 0 aliphatic carbocycles. The molecule has 0 bridgehead atoms. The molecule has 0 radical (unpaired) electrons. The van der Waals surface area contributed by atoms with Crippen LogP contribution in [0.3, 0.4) is 0 Å². The van der Waals surface area contributed by atoms with Crippen molar-refractivity contribution in [2.75, 3.05) is 29.9 Å². The number of nitrogens with one attached hydrogen (secondary N) is 1. The number of hydrogen-bond acceptors (Lipinski definition) is 3. The van der Waals surface area contributed by atoms with Crippen LogP contribution in [0.4, 0.5) is 11.4 Å². The monoisotopic (exact) mass is 259 g/mol. The molecule has 5 nitrogen and oxygen atoms in total. The summed E-state index contributed by atoms with van der Waals surface area (Å²) < 4.78 is 0. The molecule has 19 heavy (non-hydrogen) atoms. The van der Waals surface area contributed by atoms with Gasteiger partial charge in [0.1, 0.15) is 6.04 Å². The minimum absolute atomic E-state index is 0.00593. The highest BCUT2D eigenvalue weighted by Crippen LogP contribution is 2.32. The van der Waals surface area contributed by atoms with Gasteiger partial charge in [0.25, 0.3) is 0 Å². The van der Waals surface area contributed by atoms with E-state index in [1.54, 1.807) is 4.90 Å². The number of para-hydroxylation sites is 2. The first kappa shape index (κ1) is 12.0. The summed E-state index contributed by atoms with van der Waals surface area (Å²) in [7, 11) is 2.03. The van der Waals surface area contributed by atoms with Crippen LogP contribution in [0.25, 0.3) is 0 Å². The van der Waals surface area contributed by atoms with Crippen molar-refractivity contribution in [1.82, 2.24) is 5.32 Å². The maximum absolute atomic E-state index is 12.5. The highest BCUT2D eigenvalue weighted by molar-refractivity contribution is 6.03. The van der Waals surface area contributed by atoms with Crippen LogP contribution in [0.5, 0.6) is 0 Å². The van der Waals surface area contributed by atoms with Gasteiger partial charge in [-0.3, -0.25) is 9.59 Å². The highest BCUT2D eigenvalue weighted by atomic mass is 16.2. The standard InChI is InChI=1S/C14H17N3O2/c1-16-8-9-17(12-5-3-2-4-11(12)16)14(19)10-6-7-13(18)15-10/h2-5,10H,6-9H2,1H3,(H,15,18). The second-order valence-electron chi connectivity index (χ2n) is 5.06. The van der Waals surface area contributed by atoms with Gasteiger partial charge in [-0.25, -0.2) is 0 Å². The third-order valence-electron chi connectivity index (χ3n) is 3.80. The summed E-state index contributed by atoms with van der Waals surface area (Å²) in [5.41, 5.74) is 1.99. The average Bonchev–Trinajstić information content (AvgIpc) is 2.86. The van der Waals surface area contributed by atoms with Gasteiger partial charge < -0.3 is 15.1 Å². The van der Waals surface area contributed by atoms with Crippen molar-refractivity contribution in [1.29, 1.82) is 0 Å². The van der Waals surface area contributed by atoms with Gasteiger partial charge in [0.15, 0.2) is 0 Å². The number of nitrogens with zero attached hydrogens (tertiary/aromatic N) is 2. The van der Waals surface area contributed by atoms with E-state index in [0.29, 0.717) is 19.4 Å².